The fourth-order valence-electron chi connectivity index (χ4n) is 1.43. The highest BCUT2D eigenvalue weighted by Gasteiger charge is 2.01. The summed E-state index contributed by atoms with van der Waals surface area (Å²) in [6.45, 7) is 16.4. The average Bonchev–Trinajstić information content (AvgIpc) is 2.57. The Morgan fingerprint density at radius 3 is 2.52 bits per heavy atom. The monoisotopic (exact) mass is 317 g/mol. The predicted octanol–water partition coefficient (Wildman–Crippen LogP) is 4.86. The van der Waals surface area contributed by atoms with Crippen LogP contribution in [0.1, 0.15) is 27.7 Å². The van der Waals surface area contributed by atoms with E-state index in [1.807, 2.05) is 39.1 Å². The number of nitrogens with one attached hydrogen (secondary N) is 1. The van der Waals surface area contributed by atoms with E-state index in [4.69, 9.17) is 0 Å². The van der Waals surface area contributed by atoms with Gasteiger partial charge in [-0.2, -0.15) is 5.10 Å². The van der Waals surface area contributed by atoms with Crippen LogP contribution in [0.25, 0.3) is 0 Å². The van der Waals surface area contributed by atoms with Gasteiger partial charge in [-0.3, -0.25) is 5.01 Å². The molecule has 0 aromatic carbocycles. The van der Waals surface area contributed by atoms with Gasteiger partial charge in [0.1, 0.15) is 5.83 Å². The molecule has 3 nitrogen and oxygen atoms in total. The topological polar surface area (TPSA) is 27.6 Å². The van der Waals surface area contributed by atoms with Crippen LogP contribution in [0.5, 0.6) is 0 Å². The third-order valence-corrected chi connectivity index (χ3v) is 3.05. The Morgan fingerprint density at radius 1 is 1.30 bits per heavy atom. The summed E-state index contributed by atoms with van der Waals surface area (Å²) < 4.78 is 13.6. The van der Waals surface area contributed by atoms with Gasteiger partial charge in [-0.25, -0.2) is 4.39 Å². The lowest BCUT2D eigenvalue weighted by Crippen LogP contribution is -2.11. The SMILES string of the molecule is C=CNCC(=C)C(/C=C\N(CC)/N=C\C(C)=C\C)=C\C(F)=C/C. The van der Waals surface area contributed by atoms with Crippen LogP contribution in [-0.4, -0.2) is 24.3 Å². The maximum atomic E-state index is 13.6. The van der Waals surface area contributed by atoms with Crippen molar-refractivity contribution >= 4 is 6.21 Å². The number of hydrazone groups is 1. The van der Waals surface area contributed by atoms with E-state index < -0.39 is 0 Å². The molecule has 0 aliphatic rings. The van der Waals surface area contributed by atoms with E-state index in [1.54, 1.807) is 24.3 Å². The first-order valence-corrected chi connectivity index (χ1v) is 7.66. The normalized spacial score (nSPS) is 13.7. The molecule has 0 atom stereocenters. The van der Waals surface area contributed by atoms with E-state index in [0.29, 0.717) is 18.7 Å². The molecule has 0 fully saturated rings. The molecule has 0 bridgehead atoms. The maximum absolute atomic E-state index is 13.6. The highest BCUT2D eigenvalue weighted by Crippen LogP contribution is 2.14. The quantitative estimate of drug-likeness (QED) is 0.354. The fraction of sp³-hybridized carbons (Fsp3) is 0.316. The van der Waals surface area contributed by atoms with Crippen molar-refractivity contribution in [1.29, 1.82) is 0 Å². The molecule has 23 heavy (non-hydrogen) atoms. The van der Waals surface area contributed by atoms with Crippen molar-refractivity contribution in [1.82, 2.24) is 10.3 Å². The first-order valence-electron chi connectivity index (χ1n) is 7.66. The summed E-state index contributed by atoms with van der Waals surface area (Å²) in [5.74, 6) is -0.305. The molecule has 0 aliphatic heterocycles. The molecule has 126 valence electrons. The van der Waals surface area contributed by atoms with Crippen molar-refractivity contribution < 1.29 is 4.39 Å². The molecule has 0 spiro atoms. The molecule has 0 heterocycles. The van der Waals surface area contributed by atoms with Gasteiger partial charge in [-0.1, -0.05) is 25.3 Å². The van der Waals surface area contributed by atoms with Crippen LogP contribution >= 0.6 is 0 Å². The van der Waals surface area contributed by atoms with Crippen molar-refractivity contribution in [2.45, 2.75) is 27.7 Å². The Morgan fingerprint density at radius 2 is 2.00 bits per heavy atom. The predicted molar refractivity (Wildman–Crippen MR) is 99.7 cm³/mol. The highest BCUT2D eigenvalue weighted by molar-refractivity contribution is 5.77. The van der Waals surface area contributed by atoms with E-state index in [1.165, 1.54) is 12.2 Å². The van der Waals surface area contributed by atoms with Crippen molar-refractivity contribution in [3.63, 3.8) is 0 Å². The summed E-state index contributed by atoms with van der Waals surface area (Å²) in [7, 11) is 0. The molecule has 0 amide bonds. The van der Waals surface area contributed by atoms with E-state index >= 15 is 0 Å². The number of hydrogen-bond donors (Lipinski definition) is 1. The van der Waals surface area contributed by atoms with Gasteiger partial charge in [-0.15, -0.1) is 0 Å². The van der Waals surface area contributed by atoms with Crippen LogP contribution in [0.3, 0.4) is 0 Å². The molecule has 4 heteroatoms. The zero-order chi connectivity index (χ0) is 17.7. The van der Waals surface area contributed by atoms with Crippen molar-refractivity contribution in [2.24, 2.45) is 5.10 Å². The third kappa shape index (κ3) is 9.30. The molecule has 0 radical (unpaired) electrons. The maximum Gasteiger partial charge on any atom is 0.119 e. The smallest absolute Gasteiger partial charge is 0.119 e. The lowest BCUT2D eigenvalue weighted by atomic mass is 10.1. The van der Waals surface area contributed by atoms with Gasteiger partial charge in [0.25, 0.3) is 0 Å². The van der Waals surface area contributed by atoms with E-state index in [2.05, 4.69) is 23.6 Å². The first kappa shape index (κ1) is 20.6. The van der Waals surface area contributed by atoms with Crippen LogP contribution < -0.4 is 5.32 Å². The second-order valence-corrected chi connectivity index (χ2v) is 4.81. The van der Waals surface area contributed by atoms with Crippen LogP contribution in [0.15, 0.2) is 77.5 Å². The van der Waals surface area contributed by atoms with E-state index in [-0.39, 0.29) is 5.83 Å². The van der Waals surface area contributed by atoms with Gasteiger partial charge in [0, 0.05) is 25.5 Å². The summed E-state index contributed by atoms with van der Waals surface area (Å²) in [5, 5.41) is 9.11. The molecule has 0 saturated carbocycles. The van der Waals surface area contributed by atoms with Crippen LogP contribution in [0, 0.1) is 0 Å². The zero-order valence-corrected chi connectivity index (χ0v) is 14.6. The van der Waals surface area contributed by atoms with Crippen LogP contribution in [0.4, 0.5) is 4.39 Å². The lowest BCUT2D eigenvalue weighted by Gasteiger charge is -2.12. The third-order valence-electron chi connectivity index (χ3n) is 3.05. The molecule has 0 aromatic rings. The van der Waals surface area contributed by atoms with Crippen LogP contribution in [-0.2, 0) is 0 Å². The molecule has 0 aliphatic carbocycles. The Hall–Kier alpha value is -2.36. The van der Waals surface area contributed by atoms with Crippen LogP contribution in [0.2, 0.25) is 0 Å². The largest absolute Gasteiger partial charge is 0.387 e. The molecular weight excluding hydrogens is 289 g/mol. The zero-order valence-electron chi connectivity index (χ0n) is 14.6. The number of hydrogen-bond acceptors (Lipinski definition) is 3. The van der Waals surface area contributed by atoms with Crippen molar-refractivity contribution in [3.05, 3.63) is 72.4 Å². The standard InChI is InChI=1S/C19H28FN3/c1-7-16(5)14-22-23(10-4)12-11-18(13-19(20)8-2)17(6)15-21-9-3/h7-9,11-14,21H,3,6,10,15H2,1-2,4-5H3/b12-11-,16-7+,18-13-,19-8+,22-14-. The summed E-state index contributed by atoms with van der Waals surface area (Å²) in [6, 6.07) is 0. The van der Waals surface area contributed by atoms with Crippen molar-refractivity contribution in [3.8, 4) is 0 Å². The second-order valence-electron chi connectivity index (χ2n) is 4.81. The summed E-state index contributed by atoms with van der Waals surface area (Å²) >= 11 is 0. The van der Waals surface area contributed by atoms with Gasteiger partial charge < -0.3 is 5.32 Å². The average molecular weight is 317 g/mol. The molecule has 0 unspecified atom stereocenters. The number of nitrogens with zero attached hydrogens (tertiary/aromatic N) is 2. The van der Waals surface area contributed by atoms with Crippen molar-refractivity contribution in [2.75, 3.05) is 13.1 Å². The van der Waals surface area contributed by atoms with Gasteiger partial charge in [0.15, 0.2) is 0 Å². The first-order chi connectivity index (χ1) is 11.0. The lowest BCUT2D eigenvalue weighted by molar-refractivity contribution is 0.424. The highest BCUT2D eigenvalue weighted by atomic mass is 19.1. The van der Waals surface area contributed by atoms with Gasteiger partial charge in [0.05, 0.1) is 0 Å². The van der Waals surface area contributed by atoms with E-state index in [9.17, 15) is 4.39 Å². The van der Waals surface area contributed by atoms with Gasteiger partial charge in [0.2, 0.25) is 0 Å². The van der Waals surface area contributed by atoms with E-state index in [0.717, 1.165) is 11.1 Å². The number of halogens is 1. The minimum absolute atomic E-state index is 0.305. The molecular formula is C19H28FN3. The summed E-state index contributed by atoms with van der Waals surface area (Å²) in [5.41, 5.74) is 2.54. The number of rotatable bonds is 10. The summed E-state index contributed by atoms with van der Waals surface area (Å²) in [4.78, 5) is 0. The minimum atomic E-state index is -0.305. The Balaban J connectivity index is 5.25. The minimum Gasteiger partial charge on any atom is -0.387 e. The molecule has 0 rings (SSSR count). The van der Waals surface area contributed by atoms with Gasteiger partial charge in [-0.05, 0) is 62.8 Å². The fourth-order valence-corrected chi connectivity index (χ4v) is 1.43. The van der Waals surface area contributed by atoms with Gasteiger partial charge >= 0.3 is 0 Å². The second kappa shape index (κ2) is 12.2. The number of allylic oxidation sites excluding steroid dienone is 6. The molecule has 1 N–H and O–H groups in total. The summed E-state index contributed by atoms with van der Waals surface area (Å²) in [6.07, 6.45) is 11.8. The molecule has 0 saturated heterocycles. The Labute approximate surface area is 140 Å². The Bertz CT molecular complexity index is 537. The Kier molecular flexibility index (Phi) is 11.0. The molecule has 0 aromatic heterocycles.